The average Bonchev–Trinajstić information content (AvgIpc) is 1.72. The van der Waals surface area contributed by atoms with Crippen molar-refractivity contribution in [2.45, 2.75) is 89.9 Å². The fraction of sp³-hybridized carbons (Fsp3) is 0.146. The SMILES string of the molecule is C1=Cc2cc3c(cc2C1)C=CC3.C1=Cc2ccccc2Cc2ccccc21.c1c2c(cc3c1CCC3)CCC2.c1ccc2c(c1)CCc1ccccc1-2.c1ccc2c(c1)CCc1ccccc1C2.c1ccc2c(c1)ccc1ccccc12.c1ccc2cc3ccccc3cc2c1. The number of hydrogen-bond donors (Lipinski definition) is 0. The third-order valence-electron chi connectivity index (χ3n) is 20.4. The maximum atomic E-state index is 2.48. The molecule has 0 saturated carbocycles. The van der Waals surface area contributed by atoms with Gasteiger partial charge in [0, 0.05) is 0 Å². The van der Waals surface area contributed by atoms with Gasteiger partial charge in [0.2, 0.25) is 0 Å². The smallest absolute Gasteiger partial charge is 0.00139 e. The van der Waals surface area contributed by atoms with Crippen molar-refractivity contribution in [3.8, 4) is 11.1 Å². The van der Waals surface area contributed by atoms with Crippen molar-refractivity contribution in [1.82, 2.24) is 0 Å². The van der Waals surface area contributed by atoms with Gasteiger partial charge in [0.25, 0.3) is 0 Å². The molecule has 0 nitrogen and oxygen atoms in total. The predicted octanol–water partition coefficient (Wildman–Crippen LogP) is 24.1. The third kappa shape index (κ3) is 14.2. The van der Waals surface area contributed by atoms with Crippen LogP contribution in [0.2, 0.25) is 0 Å². The van der Waals surface area contributed by atoms with E-state index in [9.17, 15) is 0 Å². The van der Waals surface area contributed by atoms with E-state index in [1.54, 1.807) is 22.3 Å². The van der Waals surface area contributed by atoms with Gasteiger partial charge in [0.15, 0.2) is 0 Å². The Kier molecular flexibility index (Phi) is 18.8. The van der Waals surface area contributed by atoms with Gasteiger partial charge in [-0.3, -0.25) is 0 Å². The second-order valence-corrected chi connectivity index (χ2v) is 26.6. The molecule has 14 aromatic rings. The zero-order valence-electron chi connectivity index (χ0n) is 55.1. The molecule has 0 fully saturated rings. The second-order valence-electron chi connectivity index (χ2n) is 26.6. The lowest BCUT2D eigenvalue weighted by Gasteiger charge is -2.19. The van der Waals surface area contributed by atoms with Crippen LogP contribution in [0.1, 0.15) is 113 Å². The van der Waals surface area contributed by atoms with Crippen LogP contribution in [0.15, 0.2) is 303 Å². The molecule has 0 amide bonds. The first kappa shape index (κ1) is 61.5. The van der Waals surface area contributed by atoms with Gasteiger partial charge in [-0.25, -0.2) is 0 Å². The van der Waals surface area contributed by atoms with Gasteiger partial charge in [-0.15, -0.1) is 0 Å². The minimum atomic E-state index is 1.04. The van der Waals surface area contributed by atoms with Crippen molar-refractivity contribution in [3.05, 3.63) is 403 Å². The van der Waals surface area contributed by atoms with Crippen molar-refractivity contribution < 1.29 is 0 Å². The van der Waals surface area contributed by atoms with Crippen LogP contribution in [-0.2, 0) is 77.0 Å². The summed E-state index contributed by atoms with van der Waals surface area (Å²) in [7, 11) is 0. The first-order chi connectivity index (χ1) is 47.6. The maximum absolute atomic E-state index is 2.48. The van der Waals surface area contributed by atoms with Crippen molar-refractivity contribution in [1.29, 1.82) is 0 Å². The number of hydrogen-bond acceptors (Lipinski definition) is 0. The summed E-state index contributed by atoms with van der Waals surface area (Å²) >= 11 is 0. The van der Waals surface area contributed by atoms with Crippen LogP contribution in [0.3, 0.4) is 0 Å². The highest BCUT2D eigenvalue weighted by Crippen LogP contribution is 2.35. The third-order valence-corrected chi connectivity index (χ3v) is 20.4. The summed E-state index contributed by atoms with van der Waals surface area (Å²) in [6.07, 6.45) is 30.6. The topological polar surface area (TPSA) is 0 Å². The van der Waals surface area contributed by atoms with E-state index in [2.05, 4.69) is 328 Å². The Morgan fingerprint density at radius 2 is 0.490 bits per heavy atom. The van der Waals surface area contributed by atoms with Gasteiger partial charge in [0.05, 0.1) is 0 Å². The molecular weight excluding hydrogens is 1150 g/mol. The fourth-order valence-corrected chi connectivity index (χ4v) is 15.3. The van der Waals surface area contributed by atoms with Crippen LogP contribution < -0.4 is 0 Å². The Morgan fingerprint density at radius 1 is 0.177 bits per heavy atom. The van der Waals surface area contributed by atoms with Crippen LogP contribution in [0.5, 0.6) is 0 Å². The van der Waals surface area contributed by atoms with E-state index in [1.165, 1.54) is 196 Å². The van der Waals surface area contributed by atoms with E-state index in [-0.39, 0.29) is 0 Å². The molecule has 14 aromatic carbocycles. The van der Waals surface area contributed by atoms with Crippen molar-refractivity contribution in [3.63, 3.8) is 0 Å². The van der Waals surface area contributed by atoms with E-state index in [4.69, 9.17) is 0 Å². The van der Waals surface area contributed by atoms with E-state index >= 15 is 0 Å². The molecule has 7 aliphatic rings. The molecule has 96 heavy (non-hydrogen) atoms. The summed E-state index contributed by atoms with van der Waals surface area (Å²) in [5, 5.41) is 10.5. The van der Waals surface area contributed by atoms with E-state index in [1.807, 2.05) is 0 Å². The number of benzene rings is 14. The Bertz CT molecular complexity index is 4780. The molecular formula is C96H82. The van der Waals surface area contributed by atoms with E-state index in [0.29, 0.717) is 0 Å². The monoisotopic (exact) mass is 1230 g/mol. The Hall–Kier alpha value is -10.7. The van der Waals surface area contributed by atoms with Gasteiger partial charge >= 0.3 is 0 Å². The van der Waals surface area contributed by atoms with Gasteiger partial charge in [0.1, 0.15) is 0 Å². The zero-order chi connectivity index (χ0) is 64.2. The largest absolute Gasteiger partial charge is 0.0795 e. The number of allylic oxidation sites excluding steroid dienone is 2. The zero-order valence-corrected chi connectivity index (χ0v) is 55.1. The molecule has 0 heterocycles. The molecule has 0 N–H and O–H groups in total. The van der Waals surface area contributed by atoms with Crippen molar-refractivity contribution in [2.75, 3.05) is 0 Å². The van der Waals surface area contributed by atoms with Gasteiger partial charge in [-0.1, -0.05) is 316 Å². The molecule has 0 radical (unpaired) electrons. The Morgan fingerprint density at radius 3 is 0.906 bits per heavy atom. The number of aryl methyl sites for hydroxylation is 8. The summed E-state index contributed by atoms with van der Waals surface area (Å²) in [6.45, 7) is 0. The number of rotatable bonds is 0. The van der Waals surface area contributed by atoms with Crippen LogP contribution >= 0.6 is 0 Å². The normalized spacial score (nSPS) is 13.8. The van der Waals surface area contributed by atoms with Crippen molar-refractivity contribution >= 4 is 67.4 Å². The molecule has 0 heteroatoms. The van der Waals surface area contributed by atoms with Crippen LogP contribution in [0.25, 0.3) is 78.5 Å². The van der Waals surface area contributed by atoms with Gasteiger partial charge in [-0.2, -0.15) is 0 Å². The maximum Gasteiger partial charge on any atom is -0.00139 e. The molecule has 0 bridgehead atoms. The lowest BCUT2D eigenvalue weighted by molar-refractivity contribution is 0.897. The number of fused-ring (bicyclic) bond motifs is 16. The lowest BCUT2D eigenvalue weighted by atomic mass is 9.86. The highest BCUT2D eigenvalue weighted by atomic mass is 14.2. The molecule has 7 aliphatic carbocycles. The Labute approximate surface area is 568 Å². The molecule has 0 atom stereocenters. The van der Waals surface area contributed by atoms with Crippen molar-refractivity contribution in [2.24, 2.45) is 0 Å². The molecule has 0 spiro atoms. The second kappa shape index (κ2) is 29.3. The summed E-state index contributed by atoms with van der Waals surface area (Å²) in [5.41, 5.74) is 29.8. The van der Waals surface area contributed by atoms with Crippen LogP contribution in [0.4, 0.5) is 0 Å². The molecule has 466 valence electrons. The predicted molar refractivity (Wildman–Crippen MR) is 412 cm³/mol. The lowest BCUT2D eigenvalue weighted by Crippen LogP contribution is -2.02. The summed E-state index contributed by atoms with van der Waals surface area (Å²) in [5.74, 6) is 0. The minimum absolute atomic E-state index is 1.04. The van der Waals surface area contributed by atoms with Gasteiger partial charge in [-0.05, 0) is 256 Å². The molecule has 21 rings (SSSR count). The highest BCUT2D eigenvalue weighted by molar-refractivity contribution is 6.07. The van der Waals surface area contributed by atoms with Crippen LogP contribution in [0, 0.1) is 0 Å². The van der Waals surface area contributed by atoms with Crippen LogP contribution in [-0.4, -0.2) is 0 Å². The standard InChI is InChI=1S/C15H14.C15H12.C14H12.2C14H10.C12H14.C12H10/c2*1-3-7-14-11-15-8-4-2-6-13(15)10-9-12(14)5-1;2*1-3-7-13-11(5-1)9-10-12-6-2-4-8-14(12)13;1-2-6-12-10-14-8-4-3-7-13(14)9-11(12)5-1;2*1-3-9-7-11-5-2-6-12(11)8-10(9)4-1/h1-8H,9-11H2;1-10H,11H2;1-8H,9-10H2;2*1-10H;7-8H,1-6H2;1-3,6-8H,4-5H2. The van der Waals surface area contributed by atoms with E-state index in [0.717, 1.165) is 25.7 Å². The van der Waals surface area contributed by atoms with Gasteiger partial charge < -0.3 is 0 Å². The average molecular weight is 1240 g/mol. The summed E-state index contributed by atoms with van der Waals surface area (Å²) in [6, 6.07) is 105. The highest BCUT2D eigenvalue weighted by Gasteiger charge is 2.19. The quantitative estimate of drug-likeness (QED) is 0.105. The minimum Gasteiger partial charge on any atom is -0.0795 e. The molecule has 0 aromatic heterocycles. The summed E-state index contributed by atoms with van der Waals surface area (Å²) < 4.78 is 0. The first-order valence-electron chi connectivity index (χ1n) is 35.1. The molecule has 0 unspecified atom stereocenters. The first-order valence-corrected chi connectivity index (χ1v) is 35.1. The van der Waals surface area contributed by atoms with E-state index < -0.39 is 0 Å². The summed E-state index contributed by atoms with van der Waals surface area (Å²) in [4.78, 5) is 0. The fourth-order valence-electron chi connectivity index (χ4n) is 15.3. The molecule has 0 saturated heterocycles. The Balaban J connectivity index is 0.0000000920. The molecule has 0 aliphatic heterocycles.